The van der Waals surface area contributed by atoms with Crippen LogP contribution in [0.5, 0.6) is 0 Å². The van der Waals surface area contributed by atoms with Crippen LogP contribution < -0.4 is 0 Å². The van der Waals surface area contributed by atoms with E-state index < -0.39 is 0 Å². The van der Waals surface area contributed by atoms with Gasteiger partial charge in [0, 0.05) is 21.8 Å². The van der Waals surface area contributed by atoms with Gasteiger partial charge in [-0.1, -0.05) is 62.6 Å². The molecule has 0 atom stereocenters. The summed E-state index contributed by atoms with van der Waals surface area (Å²) in [4.78, 5) is 3.38. The van der Waals surface area contributed by atoms with Crippen molar-refractivity contribution in [3.8, 4) is 0 Å². The molecule has 20 heavy (non-hydrogen) atoms. The smallest absolute Gasteiger partial charge is 0.0464 e. The molecule has 2 aromatic carbocycles. The third kappa shape index (κ3) is 3.80. The first kappa shape index (κ1) is 15.0. The normalized spacial score (nSPS) is 10.5. The molecule has 2 heteroatoms. The molecule has 0 spiro atoms. The van der Waals surface area contributed by atoms with Crippen molar-refractivity contribution in [1.29, 1.82) is 0 Å². The van der Waals surface area contributed by atoms with Gasteiger partial charge in [0.25, 0.3) is 0 Å². The lowest BCUT2D eigenvalue weighted by Gasteiger charge is -1.90. The number of hydrogen-bond donors (Lipinski definition) is 2. The maximum Gasteiger partial charge on any atom is 0.0464 e. The maximum atomic E-state index is 4.09. The van der Waals surface area contributed by atoms with Crippen LogP contribution in [-0.2, 0) is 0 Å². The largest absolute Gasteiger partial charge is 0.355 e. The molecular formula is C18H23NS. The Bertz CT molecular complexity index is 588. The van der Waals surface area contributed by atoms with Crippen LogP contribution in [0.2, 0.25) is 0 Å². The molecule has 0 aliphatic rings. The van der Waals surface area contributed by atoms with Gasteiger partial charge in [-0.05, 0) is 24.3 Å². The quantitative estimate of drug-likeness (QED) is 0.444. The summed E-state index contributed by atoms with van der Waals surface area (Å²) >= 11 is 4.09. The van der Waals surface area contributed by atoms with Gasteiger partial charge in [-0.2, -0.15) is 12.6 Å². The van der Waals surface area contributed by atoms with Crippen LogP contribution in [0, 0.1) is 0 Å². The van der Waals surface area contributed by atoms with Crippen molar-refractivity contribution < 1.29 is 0 Å². The van der Waals surface area contributed by atoms with Crippen molar-refractivity contribution in [1.82, 2.24) is 4.98 Å². The van der Waals surface area contributed by atoms with Gasteiger partial charge in [-0.25, -0.2) is 0 Å². The predicted molar refractivity (Wildman–Crippen MR) is 93.8 cm³/mol. The van der Waals surface area contributed by atoms with Gasteiger partial charge in [0.15, 0.2) is 0 Å². The molecule has 1 nitrogen and oxygen atoms in total. The summed E-state index contributed by atoms with van der Waals surface area (Å²) in [7, 11) is 0. The van der Waals surface area contributed by atoms with E-state index in [1.807, 2.05) is 0 Å². The molecule has 106 valence electrons. The Morgan fingerprint density at radius 2 is 1.35 bits per heavy atom. The highest BCUT2D eigenvalue weighted by Crippen LogP contribution is 2.24. The zero-order valence-electron chi connectivity index (χ0n) is 12.1. The molecule has 0 radical (unpaired) electrons. The van der Waals surface area contributed by atoms with Crippen molar-refractivity contribution in [3.63, 3.8) is 0 Å². The Labute approximate surface area is 126 Å². The highest BCUT2D eigenvalue weighted by Gasteiger charge is 2.00. The number of hydrogen-bond acceptors (Lipinski definition) is 1. The lowest BCUT2D eigenvalue weighted by atomic mass is 10.2. The van der Waals surface area contributed by atoms with Crippen LogP contribution in [0.15, 0.2) is 48.5 Å². The van der Waals surface area contributed by atoms with Gasteiger partial charge < -0.3 is 4.98 Å². The molecule has 3 rings (SSSR count). The average Bonchev–Trinajstić information content (AvgIpc) is 2.87. The first-order chi connectivity index (χ1) is 9.86. The number of para-hydroxylation sites is 2. The van der Waals surface area contributed by atoms with Crippen molar-refractivity contribution in [3.05, 3.63) is 48.5 Å². The molecule has 0 saturated carbocycles. The predicted octanol–water partition coefficient (Wildman–Crippen LogP) is 5.82. The Morgan fingerprint density at radius 3 is 1.85 bits per heavy atom. The van der Waals surface area contributed by atoms with Gasteiger partial charge >= 0.3 is 0 Å². The molecule has 0 saturated heterocycles. The fourth-order valence-corrected chi connectivity index (χ4v) is 2.56. The number of benzene rings is 2. The lowest BCUT2D eigenvalue weighted by Crippen LogP contribution is -1.74. The minimum atomic E-state index is 1.06. The number of rotatable bonds is 4. The monoisotopic (exact) mass is 285 g/mol. The molecule has 1 heterocycles. The zero-order valence-corrected chi connectivity index (χ0v) is 13.0. The molecule has 0 unspecified atom stereocenters. The Hall–Kier alpha value is -1.41. The standard InChI is InChI=1S/C12H9N.C6H14S/c1-3-7-11-9(5-1)10-6-2-4-8-12(10)13-11;1-2-3-4-5-6-7/h1-8,13H;7H,2-6H2,1H3. The number of nitrogens with one attached hydrogen (secondary N) is 1. The van der Waals surface area contributed by atoms with Gasteiger partial charge in [-0.3, -0.25) is 0 Å². The molecule has 1 aromatic heterocycles. The van der Waals surface area contributed by atoms with Crippen LogP contribution in [0.4, 0.5) is 0 Å². The van der Waals surface area contributed by atoms with E-state index in [4.69, 9.17) is 0 Å². The fourth-order valence-electron chi connectivity index (χ4n) is 2.34. The maximum absolute atomic E-state index is 4.09. The highest BCUT2D eigenvalue weighted by atomic mass is 32.1. The van der Waals surface area contributed by atoms with Crippen molar-refractivity contribution >= 4 is 34.4 Å². The molecule has 0 aliphatic heterocycles. The van der Waals surface area contributed by atoms with E-state index in [1.54, 1.807) is 0 Å². The number of thiol groups is 1. The molecule has 0 amide bonds. The van der Waals surface area contributed by atoms with Gasteiger partial charge in [-0.15, -0.1) is 0 Å². The van der Waals surface area contributed by atoms with Gasteiger partial charge in [0.2, 0.25) is 0 Å². The molecular weight excluding hydrogens is 262 g/mol. The Balaban J connectivity index is 0.000000182. The van der Waals surface area contributed by atoms with Crippen molar-refractivity contribution in [2.24, 2.45) is 0 Å². The number of aromatic nitrogens is 1. The van der Waals surface area contributed by atoms with E-state index in [9.17, 15) is 0 Å². The van der Waals surface area contributed by atoms with Crippen LogP contribution in [-0.4, -0.2) is 10.7 Å². The highest BCUT2D eigenvalue weighted by molar-refractivity contribution is 7.80. The summed E-state index contributed by atoms with van der Waals surface area (Å²) < 4.78 is 0. The van der Waals surface area contributed by atoms with Crippen LogP contribution in [0.3, 0.4) is 0 Å². The third-order valence-electron chi connectivity index (χ3n) is 3.43. The van der Waals surface area contributed by atoms with E-state index in [1.165, 1.54) is 47.5 Å². The summed E-state index contributed by atoms with van der Waals surface area (Å²) in [5, 5.41) is 2.61. The Morgan fingerprint density at radius 1 is 0.800 bits per heavy atom. The van der Waals surface area contributed by atoms with Crippen LogP contribution in [0.25, 0.3) is 21.8 Å². The van der Waals surface area contributed by atoms with Gasteiger partial charge in [0.05, 0.1) is 0 Å². The van der Waals surface area contributed by atoms with E-state index in [0.717, 1.165) is 5.75 Å². The van der Waals surface area contributed by atoms with E-state index in [-0.39, 0.29) is 0 Å². The molecule has 0 bridgehead atoms. The lowest BCUT2D eigenvalue weighted by molar-refractivity contribution is 0.707. The molecule has 0 aliphatic carbocycles. The second-order valence-corrected chi connectivity index (χ2v) is 5.45. The van der Waals surface area contributed by atoms with Crippen molar-refractivity contribution in [2.75, 3.05) is 5.75 Å². The van der Waals surface area contributed by atoms with E-state index >= 15 is 0 Å². The number of aromatic amines is 1. The van der Waals surface area contributed by atoms with E-state index in [0.29, 0.717) is 0 Å². The number of unbranched alkanes of at least 4 members (excludes halogenated alkanes) is 3. The summed E-state index contributed by atoms with van der Waals surface area (Å²) in [5.74, 6) is 1.06. The molecule has 3 aromatic rings. The topological polar surface area (TPSA) is 15.8 Å². The summed E-state index contributed by atoms with van der Waals surface area (Å²) in [6.07, 6.45) is 5.35. The Kier molecular flexibility index (Phi) is 6.00. The summed E-state index contributed by atoms with van der Waals surface area (Å²) in [6, 6.07) is 16.8. The summed E-state index contributed by atoms with van der Waals surface area (Å²) in [6.45, 7) is 2.22. The minimum Gasteiger partial charge on any atom is -0.355 e. The van der Waals surface area contributed by atoms with Crippen molar-refractivity contribution in [2.45, 2.75) is 32.6 Å². The first-order valence-corrected chi connectivity index (χ1v) is 8.06. The van der Waals surface area contributed by atoms with Crippen LogP contribution >= 0.6 is 12.6 Å². The first-order valence-electron chi connectivity index (χ1n) is 7.43. The average molecular weight is 285 g/mol. The van der Waals surface area contributed by atoms with Crippen LogP contribution in [0.1, 0.15) is 32.6 Å². The summed E-state index contributed by atoms with van der Waals surface area (Å²) in [5.41, 5.74) is 2.42. The fraction of sp³-hybridized carbons (Fsp3) is 0.333. The van der Waals surface area contributed by atoms with Gasteiger partial charge in [0.1, 0.15) is 0 Å². The number of H-pyrrole nitrogens is 1. The number of fused-ring (bicyclic) bond motifs is 3. The molecule has 0 fully saturated rings. The third-order valence-corrected chi connectivity index (χ3v) is 3.74. The zero-order chi connectivity index (χ0) is 14.2. The molecule has 1 N–H and O–H groups in total. The SMILES string of the molecule is CCCCCCS.c1ccc2c(c1)[nH]c1ccccc12. The second-order valence-electron chi connectivity index (χ2n) is 5.00. The van der Waals surface area contributed by atoms with E-state index in [2.05, 4.69) is 73.1 Å². The second kappa shape index (κ2) is 8.01. The minimum absolute atomic E-state index is 1.06.